The van der Waals surface area contributed by atoms with Gasteiger partial charge in [-0.2, -0.15) is 0 Å². The fourth-order valence-corrected chi connectivity index (χ4v) is 0.800. The minimum atomic E-state index is -1.26. The second kappa shape index (κ2) is 4.54. The standard InChI is InChI=1S/C9H10O3/c10-9(6-7-12-11)8-4-2-1-3-5-8/h1-6,10-11H,7H2/b9-6-/i7D/t7-/m1/s1. The molecule has 1 atom stereocenters. The first kappa shape index (κ1) is 7.34. The molecule has 0 fully saturated rings. The molecule has 0 heterocycles. The molecular weight excluding hydrogens is 156 g/mol. The van der Waals surface area contributed by atoms with Crippen LogP contribution in [0.2, 0.25) is 0 Å². The Labute approximate surface area is 71.9 Å². The van der Waals surface area contributed by atoms with Gasteiger partial charge in [0.25, 0.3) is 0 Å². The van der Waals surface area contributed by atoms with Gasteiger partial charge in [0.2, 0.25) is 0 Å². The highest BCUT2D eigenvalue weighted by Gasteiger charge is 1.94. The average Bonchev–Trinajstić information content (AvgIpc) is 2.19. The normalized spacial score (nSPS) is 15.4. The van der Waals surface area contributed by atoms with Crippen LogP contribution >= 0.6 is 0 Å². The van der Waals surface area contributed by atoms with Crippen molar-refractivity contribution in [2.45, 2.75) is 0 Å². The zero-order chi connectivity index (χ0) is 9.68. The quantitative estimate of drug-likeness (QED) is 0.411. The maximum absolute atomic E-state index is 9.37. The highest BCUT2D eigenvalue weighted by atomic mass is 17.1. The maximum atomic E-state index is 9.37. The molecule has 0 saturated heterocycles. The summed E-state index contributed by atoms with van der Waals surface area (Å²) in [5, 5.41) is 17.5. The topological polar surface area (TPSA) is 49.7 Å². The van der Waals surface area contributed by atoms with E-state index in [-0.39, 0.29) is 5.76 Å². The van der Waals surface area contributed by atoms with Gasteiger partial charge in [-0.05, 0) is 6.08 Å². The lowest BCUT2D eigenvalue weighted by molar-refractivity contribution is -0.231. The second-order valence-electron chi connectivity index (χ2n) is 2.16. The van der Waals surface area contributed by atoms with Crippen LogP contribution in [-0.4, -0.2) is 16.9 Å². The summed E-state index contributed by atoms with van der Waals surface area (Å²) < 4.78 is 6.99. The number of aliphatic hydroxyl groups is 1. The molecule has 2 N–H and O–H groups in total. The van der Waals surface area contributed by atoms with Crippen molar-refractivity contribution in [2.75, 3.05) is 6.58 Å². The van der Waals surface area contributed by atoms with Gasteiger partial charge in [0.15, 0.2) is 0 Å². The fraction of sp³-hybridized carbons (Fsp3) is 0.111. The van der Waals surface area contributed by atoms with Crippen LogP contribution in [-0.2, 0) is 4.89 Å². The monoisotopic (exact) mass is 167 g/mol. The van der Waals surface area contributed by atoms with E-state index >= 15 is 0 Å². The van der Waals surface area contributed by atoms with Crippen molar-refractivity contribution in [1.82, 2.24) is 0 Å². The Kier molecular flexibility index (Phi) is 2.77. The van der Waals surface area contributed by atoms with Crippen molar-refractivity contribution in [3.63, 3.8) is 0 Å². The number of aliphatic hydroxyl groups excluding tert-OH is 1. The van der Waals surface area contributed by atoms with Crippen LogP contribution in [0.15, 0.2) is 36.4 Å². The van der Waals surface area contributed by atoms with Gasteiger partial charge in [-0.1, -0.05) is 30.3 Å². The van der Waals surface area contributed by atoms with E-state index in [2.05, 4.69) is 4.89 Å². The van der Waals surface area contributed by atoms with Crippen molar-refractivity contribution >= 4 is 5.76 Å². The summed E-state index contributed by atoms with van der Waals surface area (Å²) >= 11 is 0. The summed E-state index contributed by atoms with van der Waals surface area (Å²) in [6, 6.07) is 8.72. The first-order valence-corrected chi connectivity index (χ1v) is 3.42. The molecule has 0 saturated carbocycles. The molecule has 3 heteroatoms. The number of benzene rings is 1. The van der Waals surface area contributed by atoms with E-state index in [4.69, 9.17) is 6.63 Å². The van der Waals surface area contributed by atoms with Crippen LogP contribution < -0.4 is 0 Å². The van der Waals surface area contributed by atoms with E-state index < -0.39 is 6.58 Å². The van der Waals surface area contributed by atoms with Gasteiger partial charge in [0.1, 0.15) is 12.3 Å². The van der Waals surface area contributed by atoms with Gasteiger partial charge in [-0.3, -0.25) is 5.26 Å². The van der Waals surface area contributed by atoms with E-state index in [1.807, 2.05) is 6.07 Å². The van der Waals surface area contributed by atoms with Gasteiger partial charge in [0, 0.05) is 5.56 Å². The molecule has 1 aromatic rings. The van der Waals surface area contributed by atoms with Crippen LogP contribution in [0.5, 0.6) is 0 Å². The minimum Gasteiger partial charge on any atom is -0.508 e. The van der Waals surface area contributed by atoms with E-state index in [1.165, 1.54) is 0 Å². The Balaban J connectivity index is 2.79. The van der Waals surface area contributed by atoms with E-state index in [0.717, 1.165) is 6.08 Å². The molecule has 1 aromatic carbocycles. The molecule has 1 rings (SSSR count). The molecule has 0 aliphatic carbocycles. The zero-order valence-corrected chi connectivity index (χ0v) is 6.34. The van der Waals surface area contributed by atoms with Gasteiger partial charge >= 0.3 is 0 Å². The third-order valence-electron chi connectivity index (χ3n) is 1.36. The van der Waals surface area contributed by atoms with Crippen LogP contribution in [0, 0.1) is 0 Å². The van der Waals surface area contributed by atoms with Crippen LogP contribution in [0.1, 0.15) is 6.93 Å². The van der Waals surface area contributed by atoms with Crippen LogP contribution in [0.3, 0.4) is 0 Å². The molecule has 3 nitrogen and oxygen atoms in total. The fourth-order valence-electron chi connectivity index (χ4n) is 0.800. The summed E-state index contributed by atoms with van der Waals surface area (Å²) in [5.74, 6) is -0.0883. The molecule has 0 bridgehead atoms. The molecule has 0 aliphatic rings. The Morgan fingerprint density at radius 2 is 2.17 bits per heavy atom. The highest BCUT2D eigenvalue weighted by molar-refractivity contribution is 5.57. The van der Waals surface area contributed by atoms with Gasteiger partial charge in [0.05, 0.1) is 1.37 Å². The first-order valence-electron chi connectivity index (χ1n) is 4.00. The molecule has 0 radical (unpaired) electrons. The first-order chi connectivity index (χ1) is 6.24. The minimum absolute atomic E-state index is 0.0883. The molecular formula is C9H10O3. The van der Waals surface area contributed by atoms with E-state index in [1.54, 1.807) is 24.3 Å². The van der Waals surface area contributed by atoms with Crippen molar-refractivity contribution < 1.29 is 16.6 Å². The summed E-state index contributed by atoms with van der Waals surface area (Å²) in [5.41, 5.74) is 0.580. The summed E-state index contributed by atoms with van der Waals surface area (Å²) in [7, 11) is 0. The third-order valence-corrected chi connectivity index (χ3v) is 1.36. The predicted octanol–water partition coefficient (Wildman–Crippen LogP) is 2.08. The van der Waals surface area contributed by atoms with Gasteiger partial charge < -0.3 is 5.11 Å². The maximum Gasteiger partial charge on any atom is 0.121 e. The SMILES string of the molecule is [2H][C@H](/C=C(\O)c1ccccc1)OO. The van der Waals surface area contributed by atoms with Crippen LogP contribution in [0.4, 0.5) is 0 Å². The highest BCUT2D eigenvalue weighted by Crippen LogP contribution is 2.09. The van der Waals surface area contributed by atoms with Gasteiger partial charge in [-0.25, -0.2) is 4.89 Å². The molecule has 0 amide bonds. The molecule has 12 heavy (non-hydrogen) atoms. The lowest BCUT2D eigenvalue weighted by Gasteiger charge is -1.97. The second-order valence-corrected chi connectivity index (χ2v) is 2.16. The summed E-state index contributed by atoms with van der Waals surface area (Å²) in [6.07, 6.45) is 1.09. The van der Waals surface area contributed by atoms with Crippen molar-refractivity contribution in [2.24, 2.45) is 0 Å². The lowest BCUT2D eigenvalue weighted by Crippen LogP contribution is -1.87. The lowest BCUT2D eigenvalue weighted by atomic mass is 10.2. The van der Waals surface area contributed by atoms with Crippen LogP contribution in [0.25, 0.3) is 5.76 Å². The number of rotatable bonds is 3. The largest absolute Gasteiger partial charge is 0.508 e. The molecule has 0 unspecified atom stereocenters. The van der Waals surface area contributed by atoms with E-state index in [0.29, 0.717) is 5.56 Å². The zero-order valence-electron chi connectivity index (χ0n) is 7.34. The van der Waals surface area contributed by atoms with Crippen molar-refractivity contribution in [3.8, 4) is 0 Å². The van der Waals surface area contributed by atoms with E-state index in [9.17, 15) is 5.11 Å². The summed E-state index contributed by atoms with van der Waals surface area (Å²) in [4.78, 5) is 3.67. The molecule has 64 valence electrons. The third kappa shape index (κ3) is 2.38. The molecule has 0 aromatic heterocycles. The van der Waals surface area contributed by atoms with Gasteiger partial charge in [-0.15, -0.1) is 0 Å². The Morgan fingerprint density at radius 1 is 1.50 bits per heavy atom. The van der Waals surface area contributed by atoms with Crippen molar-refractivity contribution in [1.29, 1.82) is 0 Å². The summed E-state index contributed by atoms with van der Waals surface area (Å²) in [6.45, 7) is -1.26. The number of hydrogen-bond acceptors (Lipinski definition) is 3. The van der Waals surface area contributed by atoms with Crippen molar-refractivity contribution in [3.05, 3.63) is 42.0 Å². The molecule has 0 spiro atoms. The Hall–Kier alpha value is -1.32. The smallest absolute Gasteiger partial charge is 0.121 e. The average molecular weight is 167 g/mol. The number of hydrogen-bond donors (Lipinski definition) is 2. The Bertz CT molecular complexity index is 284. The predicted molar refractivity (Wildman–Crippen MR) is 45.6 cm³/mol. The molecule has 0 aliphatic heterocycles. The Morgan fingerprint density at radius 3 is 2.75 bits per heavy atom.